The van der Waals surface area contributed by atoms with E-state index in [-0.39, 0.29) is 5.92 Å². The molecule has 1 aromatic heterocycles. The van der Waals surface area contributed by atoms with Crippen molar-refractivity contribution in [3.8, 4) is 0 Å². The Bertz CT molecular complexity index is 691. The summed E-state index contributed by atoms with van der Waals surface area (Å²) in [5.41, 5.74) is 0.321. The molecule has 0 unspecified atom stereocenters. The lowest BCUT2D eigenvalue weighted by Gasteiger charge is -2.33. The number of rotatable bonds is 4. The van der Waals surface area contributed by atoms with E-state index in [1.807, 2.05) is 13.0 Å². The molecule has 26 heavy (non-hydrogen) atoms. The first kappa shape index (κ1) is 17.7. The zero-order chi connectivity index (χ0) is 18.3. The van der Waals surface area contributed by atoms with Crippen LogP contribution in [0, 0.1) is 18.3 Å². The summed E-state index contributed by atoms with van der Waals surface area (Å²) in [6.45, 7) is 8.35. The summed E-state index contributed by atoms with van der Waals surface area (Å²) in [6, 6.07) is 2.48. The highest BCUT2D eigenvalue weighted by molar-refractivity contribution is 5.78. The number of hydrogen-bond donors (Lipinski definition) is 1. The molecule has 4 heterocycles. The quantitative estimate of drug-likeness (QED) is 0.868. The average molecular weight is 360 g/mol. The van der Waals surface area contributed by atoms with Crippen molar-refractivity contribution in [3.05, 3.63) is 17.6 Å². The van der Waals surface area contributed by atoms with Crippen LogP contribution in [0.5, 0.6) is 0 Å². The Morgan fingerprint density at radius 1 is 1.31 bits per heavy atom. The predicted octanol–water partition coefficient (Wildman–Crippen LogP) is 1.35. The molecule has 4 rings (SSSR count). The van der Waals surface area contributed by atoms with Crippen LogP contribution < -0.4 is 4.90 Å². The highest BCUT2D eigenvalue weighted by Gasteiger charge is 2.58. The molecule has 0 radical (unpaired) electrons. The first-order chi connectivity index (χ1) is 12.5. The molecule has 0 aliphatic carbocycles. The van der Waals surface area contributed by atoms with Crippen molar-refractivity contribution in [1.82, 2.24) is 14.9 Å². The van der Waals surface area contributed by atoms with E-state index in [0.29, 0.717) is 19.1 Å². The molecule has 1 N–H and O–H groups in total. The van der Waals surface area contributed by atoms with Crippen molar-refractivity contribution < 1.29 is 14.6 Å². The first-order valence-corrected chi connectivity index (χ1v) is 9.66. The Morgan fingerprint density at radius 2 is 2.08 bits per heavy atom. The van der Waals surface area contributed by atoms with Gasteiger partial charge in [0.15, 0.2) is 0 Å². The fourth-order valence-corrected chi connectivity index (χ4v) is 4.86. The Labute approximate surface area is 154 Å². The number of fused-ring (bicyclic) bond motifs is 1. The number of anilines is 1. The molecule has 142 valence electrons. The third kappa shape index (κ3) is 2.97. The van der Waals surface area contributed by atoms with Crippen LogP contribution in [0.1, 0.15) is 31.3 Å². The fraction of sp³-hybridized carbons (Fsp3) is 0.737. The summed E-state index contributed by atoms with van der Waals surface area (Å²) in [7, 11) is 0. The van der Waals surface area contributed by atoms with E-state index in [1.165, 1.54) is 0 Å². The zero-order valence-corrected chi connectivity index (χ0v) is 15.6. The normalized spacial score (nSPS) is 29.9. The number of aliphatic carboxylic acids is 1. The summed E-state index contributed by atoms with van der Waals surface area (Å²) in [4.78, 5) is 25.9. The van der Waals surface area contributed by atoms with E-state index in [4.69, 9.17) is 4.74 Å². The predicted molar refractivity (Wildman–Crippen MR) is 97.3 cm³/mol. The maximum Gasteiger partial charge on any atom is 0.313 e. The van der Waals surface area contributed by atoms with Crippen LogP contribution >= 0.6 is 0 Å². The maximum absolute atomic E-state index is 12.3. The van der Waals surface area contributed by atoms with Crippen molar-refractivity contribution in [3.63, 3.8) is 0 Å². The van der Waals surface area contributed by atoms with Gasteiger partial charge in [0.2, 0.25) is 0 Å². The Hall–Kier alpha value is -1.73. The number of likely N-dealkylation sites (tertiary alicyclic amines) is 1. The molecule has 0 saturated carbocycles. The van der Waals surface area contributed by atoms with Gasteiger partial charge in [0.05, 0.1) is 0 Å². The number of ether oxygens (including phenoxy) is 1. The first-order valence-electron chi connectivity index (χ1n) is 9.66. The van der Waals surface area contributed by atoms with E-state index >= 15 is 0 Å². The monoisotopic (exact) mass is 360 g/mol. The molecule has 0 spiro atoms. The van der Waals surface area contributed by atoms with Crippen molar-refractivity contribution in [2.24, 2.45) is 11.3 Å². The maximum atomic E-state index is 12.3. The zero-order valence-electron chi connectivity index (χ0n) is 15.6. The Balaban J connectivity index is 1.55. The van der Waals surface area contributed by atoms with Gasteiger partial charge in [-0.05, 0) is 26.2 Å². The third-order valence-electron chi connectivity index (χ3n) is 6.33. The minimum Gasteiger partial charge on any atom is -0.481 e. The van der Waals surface area contributed by atoms with Gasteiger partial charge in [-0.15, -0.1) is 0 Å². The van der Waals surface area contributed by atoms with Crippen molar-refractivity contribution in [2.45, 2.75) is 39.2 Å². The van der Waals surface area contributed by atoms with Crippen molar-refractivity contribution >= 4 is 11.8 Å². The number of carbonyl (C=O) groups is 1. The fourth-order valence-electron chi connectivity index (χ4n) is 4.86. The van der Waals surface area contributed by atoms with Gasteiger partial charge in [-0.1, -0.05) is 6.92 Å². The van der Waals surface area contributed by atoms with Crippen molar-refractivity contribution in [1.29, 1.82) is 0 Å². The van der Waals surface area contributed by atoms with E-state index < -0.39 is 11.4 Å². The smallest absolute Gasteiger partial charge is 0.313 e. The number of aromatic nitrogens is 2. The molecule has 2 atom stereocenters. The molecular formula is C19H28N4O3. The number of aryl methyl sites for hydroxylation is 2. The van der Waals surface area contributed by atoms with Gasteiger partial charge >= 0.3 is 5.97 Å². The SMILES string of the molecule is CCc1cc(N2C[C@H]3CN(C4CCOCC4)C[C@@]3(C(=O)O)C2)nc(C)n1. The topological polar surface area (TPSA) is 78.8 Å². The minimum atomic E-state index is -0.691. The number of carboxylic acid groups (broad SMARTS) is 1. The standard InChI is InChI=1S/C19H28N4O3/c1-3-15-8-17(21-13(2)20-15)23-10-14-9-22(16-4-6-26-7-5-16)11-19(14,12-23)18(24)25/h8,14,16H,3-7,9-12H2,1-2H3,(H,24,25)/t14-,19-/m1/s1. The van der Waals surface area contributed by atoms with Crippen LogP contribution in [-0.2, 0) is 16.0 Å². The lowest BCUT2D eigenvalue weighted by Crippen LogP contribution is -2.44. The van der Waals surface area contributed by atoms with Crippen LogP contribution in [0.4, 0.5) is 5.82 Å². The van der Waals surface area contributed by atoms with E-state index in [9.17, 15) is 9.90 Å². The number of nitrogens with zero attached hydrogens (tertiary/aromatic N) is 4. The summed E-state index contributed by atoms with van der Waals surface area (Å²) in [5.74, 6) is 1.11. The highest BCUT2D eigenvalue weighted by Crippen LogP contribution is 2.45. The molecule has 7 nitrogen and oxygen atoms in total. The Kier molecular flexibility index (Phi) is 4.61. The second-order valence-corrected chi connectivity index (χ2v) is 7.93. The van der Waals surface area contributed by atoms with Gasteiger partial charge in [-0.3, -0.25) is 9.69 Å². The molecule has 1 aromatic rings. The van der Waals surface area contributed by atoms with E-state index in [1.54, 1.807) is 0 Å². The van der Waals surface area contributed by atoms with Crippen LogP contribution in [-0.4, -0.2) is 71.4 Å². The van der Waals surface area contributed by atoms with Gasteiger partial charge in [-0.25, -0.2) is 9.97 Å². The molecule has 7 heteroatoms. The summed E-state index contributed by atoms with van der Waals surface area (Å²) in [6.07, 6.45) is 2.88. The molecule has 0 amide bonds. The number of hydrogen-bond acceptors (Lipinski definition) is 6. The molecule has 3 aliphatic heterocycles. The van der Waals surface area contributed by atoms with E-state index in [0.717, 1.165) is 62.9 Å². The van der Waals surface area contributed by atoms with Gasteiger partial charge in [0.25, 0.3) is 0 Å². The van der Waals surface area contributed by atoms with Gasteiger partial charge in [0, 0.05) is 63.1 Å². The van der Waals surface area contributed by atoms with E-state index in [2.05, 4.69) is 26.7 Å². The largest absolute Gasteiger partial charge is 0.481 e. The second kappa shape index (κ2) is 6.78. The van der Waals surface area contributed by atoms with Gasteiger partial charge < -0.3 is 14.7 Å². The average Bonchev–Trinajstić information content (AvgIpc) is 3.17. The van der Waals surface area contributed by atoms with Crippen LogP contribution in [0.3, 0.4) is 0 Å². The summed E-state index contributed by atoms with van der Waals surface area (Å²) >= 11 is 0. The molecule has 3 fully saturated rings. The van der Waals surface area contributed by atoms with Crippen molar-refractivity contribution in [2.75, 3.05) is 44.3 Å². The van der Waals surface area contributed by atoms with Gasteiger partial charge in [-0.2, -0.15) is 0 Å². The highest BCUT2D eigenvalue weighted by atomic mass is 16.5. The molecule has 0 bridgehead atoms. The lowest BCUT2D eigenvalue weighted by atomic mass is 9.81. The van der Waals surface area contributed by atoms with Crippen LogP contribution in [0.2, 0.25) is 0 Å². The summed E-state index contributed by atoms with van der Waals surface area (Å²) in [5, 5.41) is 10.1. The molecular weight excluding hydrogens is 332 g/mol. The van der Waals surface area contributed by atoms with Crippen LogP contribution in [0.25, 0.3) is 0 Å². The minimum absolute atomic E-state index is 0.142. The van der Waals surface area contributed by atoms with Crippen LogP contribution in [0.15, 0.2) is 6.07 Å². The molecule has 0 aromatic carbocycles. The number of carboxylic acids is 1. The molecule has 3 aliphatic rings. The molecule has 3 saturated heterocycles. The third-order valence-corrected chi connectivity index (χ3v) is 6.33. The summed E-state index contributed by atoms with van der Waals surface area (Å²) < 4.78 is 5.47. The van der Waals surface area contributed by atoms with Gasteiger partial charge in [0.1, 0.15) is 17.1 Å². The second-order valence-electron chi connectivity index (χ2n) is 7.93. The Morgan fingerprint density at radius 3 is 2.73 bits per heavy atom. The lowest BCUT2D eigenvalue weighted by molar-refractivity contribution is -0.148.